The van der Waals surface area contributed by atoms with Crippen LogP contribution in [0.15, 0.2) is 48.5 Å². The summed E-state index contributed by atoms with van der Waals surface area (Å²) < 4.78 is 5.31. The molecule has 25 heavy (non-hydrogen) atoms. The highest BCUT2D eigenvalue weighted by Gasteiger charge is 2.21. The molecule has 0 bridgehead atoms. The maximum absolute atomic E-state index is 12.2. The number of ether oxygens (including phenoxy) is 1. The summed E-state index contributed by atoms with van der Waals surface area (Å²) in [6.45, 7) is 7.23. The van der Waals surface area contributed by atoms with Crippen molar-refractivity contribution in [1.29, 1.82) is 0 Å². The van der Waals surface area contributed by atoms with Crippen LogP contribution in [0.5, 0.6) is 0 Å². The molecule has 0 radical (unpaired) electrons. The predicted molar refractivity (Wildman–Crippen MR) is 95.8 cm³/mol. The van der Waals surface area contributed by atoms with Gasteiger partial charge in [0.1, 0.15) is 5.60 Å². The van der Waals surface area contributed by atoms with E-state index in [1.165, 1.54) is 12.1 Å². The smallest absolute Gasteiger partial charge is 0.426 e. The average molecular weight is 343 g/mol. The molecule has 7 nitrogen and oxygen atoms in total. The summed E-state index contributed by atoms with van der Waals surface area (Å²) in [7, 11) is 0. The van der Waals surface area contributed by atoms with Crippen LogP contribution < -0.4 is 10.4 Å². The highest BCUT2D eigenvalue weighted by Crippen LogP contribution is 2.28. The molecule has 1 N–H and O–H groups in total. The van der Waals surface area contributed by atoms with Crippen LogP contribution in [0.1, 0.15) is 26.3 Å². The lowest BCUT2D eigenvalue weighted by Gasteiger charge is -2.28. The molecule has 2 rings (SSSR count). The molecule has 0 fully saturated rings. The normalized spacial score (nSPS) is 10.9. The molecule has 0 aliphatic rings. The number of hydrazine groups is 1. The third-order valence-corrected chi connectivity index (χ3v) is 3.28. The Morgan fingerprint density at radius 2 is 1.72 bits per heavy atom. The molecule has 0 saturated carbocycles. The number of nitro groups is 1. The van der Waals surface area contributed by atoms with Gasteiger partial charge in [0, 0.05) is 12.1 Å². The number of nitro benzene ring substituents is 1. The molecule has 0 aliphatic carbocycles. The number of benzene rings is 2. The largest absolute Gasteiger partial charge is 0.443 e. The molecule has 7 heteroatoms. The van der Waals surface area contributed by atoms with Crippen LogP contribution in [0.2, 0.25) is 0 Å². The standard InChI is InChI=1S/C18H21N3O4/c1-13-7-5-6-8-16(13)20(19-17(22)25-18(2,3)4)14-9-11-15(12-10-14)21(23)24/h5-12H,1-4H3,(H,19,22). The van der Waals surface area contributed by atoms with E-state index < -0.39 is 16.6 Å². The number of aryl methyl sites for hydroxylation is 1. The van der Waals surface area contributed by atoms with Gasteiger partial charge in [0.05, 0.1) is 16.3 Å². The SMILES string of the molecule is Cc1ccccc1N(NC(=O)OC(C)(C)C)c1ccc([N+](=O)[O-])cc1. The molecular weight excluding hydrogens is 322 g/mol. The molecule has 1 amide bonds. The van der Waals surface area contributed by atoms with Crippen LogP contribution >= 0.6 is 0 Å². The van der Waals surface area contributed by atoms with Gasteiger partial charge in [-0.1, -0.05) is 18.2 Å². The van der Waals surface area contributed by atoms with E-state index in [0.717, 1.165) is 11.3 Å². The summed E-state index contributed by atoms with van der Waals surface area (Å²) in [5, 5.41) is 12.4. The summed E-state index contributed by atoms with van der Waals surface area (Å²) in [6.07, 6.45) is -0.617. The van der Waals surface area contributed by atoms with Gasteiger partial charge in [0.15, 0.2) is 0 Å². The predicted octanol–water partition coefficient (Wildman–Crippen LogP) is 4.48. The first-order valence-electron chi connectivity index (χ1n) is 7.77. The Kier molecular flexibility index (Phi) is 5.26. The lowest BCUT2D eigenvalue weighted by Crippen LogP contribution is -2.42. The first-order chi connectivity index (χ1) is 11.7. The van der Waals surface area contributed by atoms with E-state index in [-0.39, 0.29) is 5.69 Å². The van der Waals surface area contributed by atoms with Crippen molar-refractivity contribution in [3.8, 4) is 0 Å². The van der Waals surface area contributed by atoms with E-state index in [2.05, 4.69) is 5.43 Å². The zero-order valence-corrected chi connectivity index (χ0v) is 14.6. The fourth-order valence-corrected chi connectivity index (χ4v) is 2.19. The minimum Gasteiger partial charge on any atom is -0.443 e. The Bertz CT molecular complexity index is 767. The fourth-order valence-electron chi connectivity index (χ4n) is 2.19. The second kappa shape index (κ2) is 7.21. The molecule has 0 aromatic heterocycles. The Hall–Kier alpha value is -3.09. The van der Waals surface area contributed by atoms with Crippen molar-refractivity contribution in [2.45, 2.75) is 33.3 Å². The molecular formula is C18H21N3O4. The van der Waals surface area contributed by atoms with Gasteiger partial charge < -0.3 is 4.74 Å². The van der Waals surface area contributed by atoms with Crippen molar-refractivity contribution in [3.63, 3.8) is 0 Å². The summed E-state index contributed by atoms with van der Waals surface area (Å²) in [5.41, 5.74) is 4.27. The Labute approximate surface area is 146 Å². The van der Waals surface area contributed by atoms with Crippen molar-refractivity contribution >= 4 is 23.2 Å². The number of hydrogen-bond acceptors (Lipinski definition) is 5. The number of anilines is 2. The van der Waals surface area contributed by atoms with Gasteiger partial charge in [0.2, 0.25) is 0 Å². The Balaban J connectivity index is 2.37. The summed E-state index contributed by atoms with van der Waals surface area (Å²) in [4.78, 5) is 22.6. The van der Waals surface area contributed by atoms with Gasteiger partial charge in [-0.2, -0.15) is 0 Å². The van der Waals surface area contributed by atoms with Gasteiger partial charge in [-0.3, -0.25) is 15.1 Å². The maximum atomic E-state index is 12.2. The van der Waals surface area contributed by atoms with Crippen LogP contribution in [0.3, 0.4) is 0 Å². The van der Waals surface area contributed by atoms with Crippen LogP contribution in [0, 0.1) is 17.0 Å². The number of amides is 1. The summed E-state index contributed by atoms with van der Waals surface area (Å²) >= 11 is 0. The van der Waals surface area contributed by atoms with Gasteiger partial charge >= 0.3 is 6.09 Å². The van der Waals surface area contributed by atoms with Crippen LogP contribution in [-0.4, -0.2) is 16.6 Å². The van der Waals surface area contributed by atoms with E-state index in [1.54, 1.807) is 37.9 Å². The minimum atomic E-state index is -0.642. The number of nitrogens with one attached hydrogen (secondary N) is 1. The number of carbonyl (C=O) groups excluding carboxylic acids is 1. The first kappa shape index (κ1) is 18.3. The van der Waals surface area contributed by atoms with Crippen molar-refractivity contribution in [3.05, 3.63) is 64.2 Å². The van der Waals surface area contributed by atoms with Crippen LogP contribution in [0.4, 0.5) is 21.9 Å². The third-order valence-electron chi connectivity index (χ3n) is 3.28. The number of carbonyl (C=O) groups is 1. The molecule has 0 aliphatic heterocycles. The zero-order chi connectivity index (χ0) is 18.6. The van der Waals surface area contributed by atoms with Crippen LogP contribution in [0.25, 0.3) is 0 Å². The summed E-state index contributed by atoms with van der Waals surface area (Å²) in [6, 6.07) is 13.4. The third kappa shape index (κ3) is 4.94. The molecule has 0 saturated heterocycles. The molecule has 2 aromatic carbocycles. The topological polar surface area (TPSA) is 84.7 Å². The monoisotopic (exact) mass is 343 g/mol. The van der Waals surface area contributed by atoms with Crippen molar-refractivity contribution in [2.24, 2.45) is 0 Å². The fraction of sp³-hybridized carbons (Fsp3) is 0.278. The van der Waals surface area contributed by atoms with E-state index in [1.807, 2.05) is 31.2 Å². The second-order valence-electron chi connectivity index (χ2n) is 6.51. The number of nitrogens with zero attached hydrogens (tertiary/aromatic N) is 2. The molecule has 0 spiro atoms. The molecule has 132 valence electrons. The van der Waals surface area contributed by atoms with E-state index >= 15 is 0 Å². The number of non-ortho nitro benzene ring substituents is 1. The molecule has 0 atom stereocenters. The first-order valence-corrected chi connectivity index (χ1v) is 7.77. The van der Waals surface area contributed by atoms with Gasteiger partial charge in [-0.25, -0.2) is 10.2 Å². The highest BCUT2D eigenvalue weighted by atomic mass is 16.6. The molecule has 0 unspecified atom stereocenters. The minimum absolute atomic E-state index is 0.0225. The van der Waals surface area contributed by atoms with Crippen molar-refractivity contribution in [2.75, 3.05) is 5.01 Å². The number of para-hydroxylation sites is 1. The lowest BCUT2D eigenvalue weighted by atomic mass is 10.2. The van der Waals surface area contributed by atoms with Crippen molar-refractivity contribution in [1.82, 2.24) is 5.43 Å². The van der Waals surface area contributed by atoms with Crippen molar-refractivity contribution < 1.29 is 14.5 Å². The Morgan fingerprint density at radius 3 is 2.24 bits per heavy atom. The Morgan fingerprint density at radius 1 is 1.12 bits per heavy atom. The van der Waals surface area contributed by atoms with Gasteiger partial charge in [-0.05, 0) is 51.5 Å². The average Bonchev–Trinajstić information content (AvgIpc) is 2.52. The molecule has 0 heterocycles. The molecule has 2 aromatic rings. The summed E-state index contributed by atoms with van der Waals surface area (Å²) in [5.74, 6) is 0. The maximum Gasteiger partial charge on any atom is 0.426 e. The highest BCUT2D eigenvalue weighted by molar-refractivity contribution is 5.76. The van der Waals surface area contributed by atoms with Gasteiger partial charge in [-0.15, -0.1) is 0 Å². The van der Waals surface area contributed by atoms with Crippen LogP contribution in [-0.2, 0) is 4.74 Å². The zero-order valence-electron chi connectivity index (χ0n) is 14.6. The quantitative estimate of drug-likeness (QED) is 0.653. The number of rotatable bonds is 4. The second-order valence-corrected chi connectivity index (χ2v) is 6.51. The van der Waals surface area contributed by atoms with E-state index in [4.69, 9.17) is 4.74 Å². The van der Waals surface area contributed by atoms with E-state index in [0.29, 0.717) is 5.69 Å². The van der Waals surface area contributed by atoms with Gasteiger partial charge in [0.25, 0.3) is 5.69 Å². The lowest BCUT2D eigenvalue weighted by molar-refractivity contribution is -0.384. The van der Waals surface area contributed by atoms with E-state index in [9.17, 15) is 14.9 Å². The number of hydrogen-bond donors (Lipinski definition) is 1.